The SMILES string of the molecule is CCc1cc(NC[C@@H](CC)N(C)CC)n2nccc2n1. The number of anilines is 1. The molecule has 0 spiro atoms. The first-order valence-corrected chi connectivity index (χ1v) is 7.47. The molecule has 0 saturated heterocycles. The fourth-order valence-electron chi connectivity index (χ4n) is 2.36. The number of aryl methyl sites for hydroxylation is 1. The molecule has 0 amide bonds. The van der Waals surface area contributed by atoms with Gasteiger partial charge < -0.3 is 10.2 Å². The smallest absolute Gasteiger partial charge is 0.157 e. The van der Waals surface area contributed by atoms with Crippen LogP contribution in [0.3, 0.4) is 0 Å². The van der Waals surface area contributed by atoms with Crippen molar-refractivity contribution in [1.82, 2.24) is 19.5 Å². The lowest BCUT2D eigenvalue weighted by Gasteiger charge is -2.26. The van der Waals surface area contributed by atoms with Crippen molar-refractivity contribution in [3.8, 4) is 0 Å². The topological polar surface area (TPSA) is 45.5 Å². The molecular weight excluding hydrogens is 250 g/mol. The average molecular weight is 275 g/mol. The van der Waals surface area contributed by atoms with E-state index in [0.29, 0.717) is 6.04 Å². The van der Waals surface area contributed by atoms with Crippen LogP contribution in [0.15, 0.2) is 18.3 Å². The number of hydrogen-bond acceptors (Lipinski definition) is 4. The van der Waals surface area contributed by atoms with Gasteiger partial charge in [0.15, 0.2) is 5.65 Å². The number of hydrogen-bond donors (Lipinski definition) is 1. The number of fused-ring (bicyclic) bond motifs is 1. The van der Waals surface area contributed by atoms with E-state index in [1.165, 1.54) is 0 Å². The number of nitrogens with one attached hydrogen (secondary N) is 1. The van der Waals surface area contributed by atoms with E-state index in [9.17, 15) is 0 Å². The third-order valence-electron chi connectivity index (χ3n) is 3.89. The predicted molar refractivity (Wildman–Crippen MR) is 83.2 cm³/mol. The Morgan fingerprint density at radius 3 is 2.80 bits per heavy atom. The van der Waals surface area contributed by atoms with Gasteiger partial charge in [0.05, 0.1) is 6.20 Å². The van der Waals surface area contributed by atoms with Crippen LogP contribution < -0.4 is 5.32 Å². The Morgan fingerprint density at radius 2 is 2.15 bits per heavy atom. The fraction of sp³-hybridized carbons (Fsp3) is 0.600. The van der Waals surface area contributed by atoms with Crippen molar-refractivity contribution in [2.45, 2.75) is 39.7 Å². The minimum absolute atomic E-state index is 0.531. The Kier molecular flexibility index (Phi) is 4.95. The quantitative estimate of drug-likeness (QED) is 0.843. The summed E-state index contributed by atoms with van der Waals surface area (Å²) >= 11 is 0. The van der Waals surface area contributed by atoms with Crippen molar-refractivity contribution in [2.75, 3.05) is 25.5 Å². The van der Waals surface area contributed by atoms with Gasteiger partial charge >= 0.3 is 0 Å². The molecule has 2 aromatic heterocycles. The summed E-state index contributed by atoms with van der Waals surface area (Å²) in [4.78, 5) is 6.93. The zero-order valence-corrected chi connectivity index (χ0v) is 12.9. The predicted octanol–water partition coefficient (Wildman–Crippen LogP) is 2.43. The van der Waals surface area contributed by atoms with Crippen molar-refractivity contribution in [3.05, 3.63) is 24.0 Å². The number of nitrogens with zero attached hydrogens (tertiary/aromatic N) is 4. The molecule has 0 aliphatic carbocycles. The van der Waals surface area contributed by atoms with Gasteiger partial charge in [0.25, 0.3) is 0 Å². The minimum Gasteiger partial charge on any atom is -0.368 e. The molecule has 2 aromatic rings. The van der Waals surface area contributed by atoms with Crippen LogP contribution in [0.25, 0.3) is 5.65 Å². The summed E-state index contributed by atoms with van der Waals surface area (Å²) in [5, 5.41) is 7.87. The molecule has 110 valence electrons. The molecule has 1 N–H and O–H groups in total. The summed E-state index contributed by atoms with van der Waals surface area (Å²) in [5.74, 6) is 1.03. The van der Waals surface area contributed by atoms with E-state index in [-0.39, 0.29) is 0 Å². The van der Waals surface area contributed by atoms with Crippen molar-refractivity contribution in [1.29, 1.82) is 0 Å². The van der Waals surface area contributed by atoms with Gasteiger partial charge in [-0.2, -0.15) is 9.61 Å². The first-order valence-electron chi connectivity index (χ1n) is 7.47. The molecule has 0 aromatic carbocycles. The van der Waals surface area contributed by atoms with Crippen LogP contribution in [-0.2, 0) is 6.42 Å². The van der Waals surface area contributed by atoms with E-state index in [0.717, 1.165) is 43.1 Å². The van der Waals surface area contributed by atoms with Crippen molar-refractivity contribution >= 4 is 11.5 Å². The Balaban J connectivity index is 2.18. The highest BCUT2D eigenvalue weighted by atomic mass is 15.3. The van der Waals surface area contributed by atoms with E-state index in [4.69, 9.17) is 0 Å². The summed E-state index contributed by atoms with van der Waals surface area (Å²) in [6.07, 6.45) is 3.86. The standard InChI is InChI=1S/C15H25N5/c1-5-12-10-15(20-14(18-12)8-9-17-20)16-11-13(6-2)19(4)7-3/h8-10,13,16H,5-7,11H2,1-4H3/t13-/m1/s1. The van der Waals surface area contributed by atoms with Gasteiger partial charge in [-0.1, -0.05) is 20.8 Å². The highest BCUT2D eigenvalue weighted by molar-refractivity contribution is 5.49. The van der Waals surface area contributed by atoms with Gasteiger partial charge in [0.1, 0.15) is 5.82 Å². The number of aromatic nitrogens is 3. The second kappa shape index (κ2) is 6.70. The van der Waals surface area contributed by atoms with Gasteiger partial charge in [0, 0.05) is 30.4 Å². The van der Waals surface area contributed by atoms with Gasteiger partial charge in [-0.3, -0.25) is 0 Å². The molecule has 0 aliphatic rings. The normalized spacial score (nSPS) is 13.1. The monoisotopic (exact) mass is 275 g/mol. The molecule has 0 fully saturated rings. The Bertz CT molecular complexity index is 548. The molecule has 0 unspecified atom stereocenters. The van der Waals surface area contributed by atoms with Gasteiger partial charge in [0.2, 0.25) is 0 Å². The lowest BCUT2D eigenvalue weighted by atomic mass is 10.2. The fourth-order valence-corrected chi connectivity index (χ4v) is 2.36. The maximum Gasteiger partial charge on any atom is 0.157 e. The van der Waals surface area contributed by atoms with E-state index in [1.54, 1.807) is 6.20 Å². The summed E-state index contributed by atoms with van der Waals surface area (Å²) < 4.78 is 1.87. The van der Waals surface area contributed by atoms with Crippen molar-refractivity contribution < 1.29 is 0 Å². The second-order valence-corrected chi connectivity index (χ2v) is 5.10. The van der Waals surface area contributed by atoms with Crippen LogP contribution in [0.2, 0.25) is 0 Å². The van der Waals surface area contributed by atoms with Crippen LogP contribution in [0.5, 0.6) is 0 Å². The molecule has 5 heteroatoms. The van der Waals surface area contributed by atoms with E-state index in [2.05, 4.69) is 54.2 Å². The Hall–Kier alpha value is -1.62. The molecule has 2 rings (SSSR count). The zero-order valence-electron chi connectivity index (χ0n) is 12.9. The van der Waals surface area contributed by atoms with Crippen LogP contribution >= 0.6 is 0 Å². The van der Waals surface area contributed by atoms with Crippen molar-refractivity contribution in [2.24, 2.45) is 0 Å². The molecule has 0 radical (unpaired) electrons. The summed E-state index contributed by atoms with van der Waals surface area (Å²) in [5.41, 5.74) is 2.00. The van der Waals surface area contributed by atoms with Crippen LogP contribution in [0, 0.1) is 0 Å². The maximum absolute atomic E-state index is 4.56. The van der Waals surface area contributed by atoms with Crippen molar-refractivity contribution in [3.63, 3.8) is 0 Å². The summed E-state index contributed by atoms with van der Waals surface area (Å²) in [7, 11) is 2.17. The Labute approximate surface area is 121 Å². The molecule has 20 heavy (non-hydrogen) atoms. The van der Waals surface area contributed by atoms with Gasteiger partial charge in [-0.05, 0) is 26.4 Å². The van der Waals surface area contributed by atoms with Crippen LogP contribution in [-0.4, -0.2) is 45.7 Å². The van der Waals surface area contributed by atoms with Crippen LogP contribution in [0.1, 0.15) is 32.9 Å². The molecular formula is C15H25N5. The molecule has 0 saturated carbocycles. The van der Waals surface area contributed by atoms with Crippen LogP contribution in [0.4, 0.5) is 5.82 Å². The zero-order chi connectivity index (χ0) is 14.5. The highest BCUT2D eigenvalue weighted by Gasteiger charge is 2.12. The summed E-state index contributed by atoms with van der Waals surface area (Å²) in [6, 6.07) is 4.57. The second-order valence-electron chi connectivity index (χ2n) is 5.10. The van der Waals surface area contributed by atoms with Gasteiger partial charge in [-0.25, -0.2) is 4.98 Å². The number of likely N-dealkylation sites (N-methyl/N-ethyl adjacent to an activating group) is 1. The third-order valence-corrected chi connectivity index (χ3v) is 3.89. The lowest BCUT2D eigenvalue weighted by Crippen LogP contribution is -2.36. The van der Waals surface area contributed by atoms with E-state index >= 15 is 0 Å². The maximum atomic E-state index is 4.56. The summed E-state index contributed by atoms with van der Waals surface area (Å²) in [6.45, 7) is 8.53. The average Bonchev–Trinajstić information content (AvgIpc) is 2.95. The molecule has 0 aliphatic heterocycles. The molecule has 0 bridgehead atoms. The largest absolute Gasteiger partial charge is 0.368 e. The minimum atomic E-state index is 0.531. The first kappa shape index (κ1) is 14.8. The van der Waals surface area contributed by atoms with Gasteiger partial charge in [-0.15, -0.1) is 0 Å². The molecule has 5 nitrogen and oxygen atoms in total. The highest BCUT2D eigenvalue weighted by Crippen LogP contribution is 2.13. The van der Waals surface area contributed by atoms with E-state index in [1.807, 2.05) is 10.6 Å². The lowest BCUT2D eigenvalue weighted by molar-refractivity contribution is 0.257. The first-order chi connectivity index (χ1) is 9.69. The molecule has 2 heterocycles. The third kappa shape index (κ3) is 3.10. The number of rotatable bonds is 7. The molecule has 1 atom stereocenters. The Morgan fingerprint density at radius 1 is 1.35 bits per heavy atom. The van der Waals surface area contributed by atoms with E-state index < -0.39 is 0 Å².